The summed E-state index contributed by atoms with van der Waals surface area (Å²) in [5, 5.41) is 0.701. The van der Waals surface area contributed by atoms with E-state index in [1.54, 1.807) is 0 Å². The Labute approximate surface area is 112 Å². The monoisotopic (exact) mass is 257 g/mol. The fraction of sp³-hybridized carbons (Fsp3) is 1.00. The summed E-state index contributed by atoms with van der Waals surface area (Å²) < 4.78 is 0. The van der Waals surface area contributed by atoms with Crippen LogP contribution in [0.15, 0.2) is 0 Å². The van der Waals surface area contributed by atoms with Crippen LogP contribution in [0.25, 0.3) is 0 Å². The Morgan fingerprint density at radius 1 is 1.24 bits per heavy atom. The standard InChI is InChI=1S/C15H31NS/c1-11(2)8-9-17-14-10-12(15(3,4)5)6-7-13(14)16/h11-14H,6-10,16H2,1-5H3. The van der Waals surface area contributed by atoms with Crippen LogP contribution < -0.4 is 5.73 Å². The molecule has 1 nitrogen and oxygen atoms in total. The maximum absolute atomic E-state index is 6.28. The Balaban J connectivity index is 2.41. The zero-order chi connectivity index (χ0) is 13.1. The highest BCUT2D eigenvalue weighted by molar-refractivity contribution is 7.99. The molecule has 1 rings (SSSR count). The second-order valence-corrected chi connectivity index (χ2v) is 8.48. The fourth-order valence-electron chi connectivity index (χ4n) is 2.59. The van der Waals surface area contributed by atoms with Crippen molar-refractivity contribution in [3.8, 4) is 0 Å². The fourth-order valence-corrected chi connectivity index (χ4v) is 4.25. The molecule has 1 aliphatic rings. The molecule has 1 aliphatic carbocycles. The number of nitrogens with two attached hydrogens (primary N) is 1. The molecule has 2 heteroatoms. The van der Waals surface area contributed by atoms with Gasteiger partial charge < -0.3 is 5.73 Å². The quantitative estimate of drug-likeness (QED) is 0.812. The topological polar surface area (TPSA) is 26.0 Å². The molecule has 0 bridgehead atoms. The van der Waals surface area contributed by atoms with Gasteiger partial charge in [-0.05, 0) is 48.7 Å². The molecule has 0 amide bonds. The zero-order valence-electron chi connectivity index (χ0n) is 12.3. The van der Waals surface area contributed by atoms with Gasteiger partial charge in [0.1, 0.15) is 0 Å². The molecule has 0 aromatic rings. The van der Waals surface area contributed by atoms with E-state index in [9.17, 15) is 0 Å². The first-order valence-corrected chi connectivity index (χ1v) is 8.22. The molecule has 0 spiro atoms. The summed E-state index contributed by atoms with van der Waals surface area (Å²) in [5.74, 6) is 2.96. The molecule has 1 saturated carbocycles. The van der Waals surface area contributed by atoms with Crippen LogP contribution in [0.1, 0.15) is 60.3 Å². The molecule has 1 fully saturated rings. The third-order valence-corrected chi connectivity index (χ3v) is 5.54. The summed E-state index contributed by atoms with van der Waals surface area (Å²) in [4.78, 5) is 0. The van der Waals surface area contributed by atoms with E-state index in [0.29, 0.717) is 16.7 Å². The summed E-state index contributed by atoms with van der Waals surface area (Å²) in [6.07, 6.45) is 5.20. The molecule has 0 aliphatic heterocycles. The molecule has 17 heavy (non-hydrogen) atoms. The van der Waals surface area contributed by atoms with E-state index in [1.807, 2.05) is 0 Å². The van der Waals surface area contributed by atoms with Crippen molar-refractivity contribution in [2.24, 2.45) is 23.0 Å². The second kappa shape index (κ2) is 6.47. The molecular formula is C15H31NS. The van der Waals surface area contributed by atoms with Gasteiger partial charge in [-0.3, -0.25) is 0 Å². The first kappa shape index (κ1) is 15.4. The summed E-state index contributed by atoms with van der Waals surface area (Å²) in [7, 11) is 0. The van der Waals surface area contributed by atoms with Gasteiger partial charge in [0, 0.05) is 11.3 Å². The van der Waals surface area contributed by atoms with E-state index >= 15 is 0 Å². The van der Waals surface area contributed by atoms with Crippen molar-refractivity contribution in [2.45, 2.75) is 71.6 Å². The summed E-state index contributed by atoms with van der Waals surface area (Å²) in [6, 6.07) is 0.436. The molecule has 0 radical (unpaired) electrons. The van der Waals surface area contributed by atoms with Crippen LogP contribution in [0.2, 0.25) is 0 Å². The largest absolute Gasteiger partial charge is 0.327 e. The van der Waals surface area contributed by atoms with Gasteiger partial charge in [-0.1, -0.05) is 34.6 Å². The Hall–Kier alpha value is 0.310. The molecule has 0 heterocycles. The average molecular weight is 257 g/mol. The van der Waals surface area contributed by atoms with Crippen molar-refractivity contribution >= 4 is 11.8 Å². The predicted octanol–water partition coefficient (Wildman–Crippen LogP) is 4.31. The SMILES string of the molecule is CC(C)CCSC1CC(C(C)(C)C)CCC1N. The Morgan fingerprint density at radius 3 is 2.41 bits per heavy atom. The van der Waals surface area contributed by atoms with E-state index in [4.69, 9.17) is 5.73 Å². The Kier molecular flexibility index (Phi) is 5.85. The second-order valence-electron chi connectivity index (χ2n) is 7.13. The molecule has 0 aromatic heterocycles. The van der Waals surface area contributed by atoms with Crippen molar-refractivity contribution in [3.05, 3.63) is 0 Å². The van der Waals surface area contributed by atoms with Crippen molar-refractivity contribution in [1.29, 1.82) is 0 Å². The van der Waals surface area contributed by atoms with Gasteiger partial charge in [-0.25, -0.2) is 0 Å². The maximum atomic E-state index is 6.28. The van der Waals surface area contributed by atoms with Crippen LogP contribution in [0, 0.1) is 17.3 Å². The molecule has 3 atom stereocenters. The van der Waals surface area contributed by atoms with Gasteiger partial charge in [-0.15, -0.1) is 0 Å². The molecule has 102 valence electrons. The van der Waals surface area contributed by atoms with Crippen LogP contribution in [-0.2, 0) is 0 Å². The average Bonchev–Trinajstić information content (AvgIpc) is 2.18. The summed E-state index contributed by atoms with van der Waals surface area (Å²) in [6.45, 7) is 11.7. The number of hydrogen-bond acceptors (Lipinski definition) is 2. The number of thioether (sulfide) groups is 1. The van der Waals surface area contributed by atoms with Gasteiger partial charge in [-0.2, -0.15) is 11.8 Å². The summed E-state index contributed by atoms with van der Waals surface area (Å²) >= 11 is 2.13. The van der Waals surface area contributed by atoms with Gasteiger partial charge in [0.15, 0.2) is 0 Å². The highest BCUT2D eigenvalue weighted by Gasteiger charge is 2.34. The van der Waals surface area contributed by atoms with Crippen LogP contribution >= 0.6 is 11.8 Å². The third kappa shape index (κ3) is 5.21. The van der Waals surface area contributed by atoms with E-state index in [2.05, 4.69) is 46.4 Å². The molecule has 3 unspecified atom stereocenters. The van der Waals surface area contributed by atoms with Gasteiger partial charge in [0.2, 0.25) is 0 Å². The zero-order valence-corrected chi connectivity index (χ0v) is 13.1. The van der Waals surface area contributed by atoms with Gasteiger partial charge >= 0.3 is 0 Å². The van der Waals surface area contributed by atoms with Crippen LogP contribution in [0.3, 0.4) is 0 Å². The number of rotatable bonds is 4. The van der Waals surface area contributed by atoms with Crippen molar-refractivity contribution in [2.75, 3.05) is 5.75 Å². The van der Waals surface area contributed by atoms with Crippen LogP contribution in [0.4, 0.5) is 0 Å². The number of hydrogen-bond donors (Lipinski definition) is 1. The Bertz CT molecular complexity index is 219. The minimum absolute atomic E-state index is 0.436. The minimum atomic E-state index is 0.436. The highest BCUT2D eigenvalue weighted by atomic mass is 32.2. The first-order chi connectivity index (χ1) is 7.80. The van der Waals surface area contributed by atoms with Crippen molar-refractivity contribution in [1.82, 2.24) is 0 Å². The van der Waals surface area contributed by atoms with E-state index in [-0.39, 0.29) is 0 Å². The minimum Gasteiger partial charge on any atom is -0.327 e. The van der Waals surface area contributed by atoms with Gasteiger partial charge in [0.05, 0.1) is 0 Å². The normalized spacial score (nSPS) is 30.9. The maximum Gasteiger partial charge on any atom is 0.0201 e. The van der Waals surface area contributed by atoms with Crippen LogP contribution in [0.5, 0.6) is 0 Å². The lowest BCUT2D eigenvalue weighted by Crippen LogP contribution is -2.41. The van der Waals surface area contributed by atoms with Crippen molar-refractivity contribution in [3.63, 3.8) is 0 Å². The first-order valence-electron chi connectivity index (χ1n) is 7.18. The third-order valence-electron chi connectivity index (χ3n) is 4.09. The highest BCUT2D eigenvalue weighted by Crippen LogP contribution is 2.41. The van der Waals surface area contributed by atoms with E-state index < -0.39 is 0 Å². The molecule has 2 N–H and O–H groups in total. The lowest BCUT2D eigenvalue weighted by Gasteiger charge is -2.40. The van der Waals surface area contributed by atoms with Crippen molar-refractivity contribution < 1.29 is 0 Å². The molecule has 0 aromatic carbocycles. The lowest BCUT2D eigenvalue weighted by atomic mass is 9.71. The smallest absolute Gasteiger partial charge is 0.0201 e. The van der Waals surface area contributed by atoms with E-state index in [1.165, 1.54) is 31.4 Å². The van der Waals surface area contributed by atoms with Crippen LogP contribution in [-0.4, -0.2) is 17.0 Å². The van der Waals surface area contributed by atoms with E-state index in [0.717, 1.165) is 11.8 Å². The molecular weight excluding hydrogens is 226 g/mol. The predicted molar refractivity (Wildman–Crippen MR) is 80.5 cm³/mol. The molecule has 0 saturated heterocycles. The van der Waals surface area contributed by atoms with Gasteiger partial charge in [0.25, 0.3) is 0 Å². The lowest BCUT2D eigenvalue weighted by molar-refractivity contribution is 0.174. The Morgan fingerprint density at radius 2 is 1.88 bits per heavy atom. The summed E-state index contributed by atoms with van der Waals surface area (Å²) in [5.41, 5.74) is 6.74.